The van der Waals surface area contributed by atoms with Crippen molar-refractivity contribution in [1.82, 2.24) is 0 Å². The molecule has 74 valence electrons. The molecule has 1 aliphatic heterocycles. The summed E-state index contributed by atoms with van der Waals surface area (Å²) in [6.45, 7) is 1.36. The fourth-order valence-corrected chi connectivity index (χ4v) is 2.36. The lowest BCUT2D eigenvalue weighted by Gasteiger charge is -2.24. The summed E-state index contributed by atoms with van der Waals surface area (Å²) >= 11 is 1.05. The third-order valence-electron chi connectivity index (χ3n) is 2.07. The Kier molecular flexibility index (Phi) is 2.10. The topological polar surface area (TPSA) is 0 Å². The summed E-state index contributed by atoms with van der Waals surface area (Å²) < 4.78 is 39.9. The summed E-state index contributed by atoms with van der Waals surface area (Å²) in [7, 11) is 0. The van der Waals surface area contributed by atoms with E-state index in [1.54, 1.807) is 12.1 Å². The second-order valence-corrected chi connectivity index (χ2v) is 4.30. The molecule has 1 aromatic carbocycles. The van der Waals surface area contributed by atoms with Gasteiger partial charge in [-0.3, -0.25) is 0 Å². The molecule has 0 saturated carbocycles. The van der Waals surface area contributed by atoms with E-state index in [2.05, 4.69) is 0 Å². The Bertz CT molecular complexity index is 410. The Balaban J connectivity index is 2.64. The molecule has 0 aromatic heterocycles. The number of hydrogen-bond donors (Lipinski definition) is 0. The smallest absolute Gasteiger partial charge is 0.204 e. The molecule has 0 amide bonds. The van der Waals surface area contributed by atoms with Gasteiger partial charge in [-0.15, -0.1) is 0 Å². The highest BCUT2D eigenvalue weighted by molar-refractivity contribution is 8.03. The normalized spacial score (nSPS) is 19.4. The van der Waals surface area contributed by atoms with Crippen LogP contribution in [-0.2, 0) is 5.92 Å². The molecule has 2 rings (SSSR count). The van der Waals surface area contributed by atoms with Crippen molar-refractivity contribution in [1.29, 1.82) is 0 Å². The van der Waals surface area contributed by atoms with E-state index in [4.69, 9.17) is 0 Å². The number of fused-ring (bicyclic) bond motifs is 1. The fraction of sp³-hybridized carbons (Fsp3) is 0.200. The predicted octanol–water partition coefficient (Wildman–Crippen LogP) is 4.09. The molecule has 0 N–H and O–H groups in total. The van der Waals surface area contributed by atoms with Gasteiger partial charge in [0.2, 0.25) is 0 Å². The molecule has 0 fully saturated rings. The van der Waals surface area contributed by atoms with Gasteiger partial charge in [0.25, 0.3) is 0 Å². The van der Waals surface area contributed by atoms with Gasteiger partial charge >= 0.3 is 5.92 Å². The van der Waals surface area contributed by atoms with Crippen LogP contribution in [0.25, 0.3) is 0 Å². The van der Waals surface area contributed by atoms with Crippen molar-refractivity contribution in [2.24, 2.45) is 0 Å². The van der Waals surface area contributed by atoms with Crippen LogP contribution < -0.4 is 0 Å². The molecule has 1 aromatic rings. The summed E-state index contributed by atoms with van der Waals surface area (Å²) in [6.07, 6.45) is 0. The average molecular weight is 216 g/mol. The van der Waals surface area contributed by atoms with E-state index in [-0.39, 0.29) is 10.5 Å². The molecule has 14 heavy (non-hydrogen) atoms. The zero-order valence-corrected chi connectivity index (χ0v) is 8.17. The van der Waals surface area contributed by atoms with Crippen LogP contribution in [0.4, 0.5) is 13.2 Å². The van der Waals surface area contributed by atoms with Crippen molar-refractivity contribution < 1.29 is 13.2 Å². The highest BCUT2D eigenvalue weighted by Crippen LogP contribution is 2.50. The highest BCUT2D eigenvalue weighted by Gasteiger charge is 2.43. The zero-order chi connectivity index (χ0) is 10.3. The average Bonchev–Trinajstić information content (AvgIpc) is 2.15. The van der Waals surface area contributed by atoms with Gasteiger partial charge in [0, 0.05) is 15.4 Å². The minimum atomic E-state index is -3.47. The highest BCUT2D eigenvalue weighted by atomic mass is 32.2. The monoisotopic (exact) mass is 216 g/mol. The lowest BCUT2D eigenvalue weighted by Crippen LogP contribution is -2.19. The van der Waals surface area contributed by atoms with E-state index < -0.39 is 11.7 Å². The number of benzene rings is 1. The Hall–Kier alpha value is -0.900. The molecule has 0 saturated heterocycles. The first-order valence-corrected chi connectivity index (χ1v) is 4.87. The van der Waals surface area contributed by atoms with Crippen LogP contribution in [0.2, 0.25) is 0 Å². The van der Waals surface area contributed by atoms with Gasteiger partial charge in [-0.2, -0.15) is 8.78 Å². The maximum absolute atomic E-state index is 13.4. The zero-order valence-electron chi connectivity index (χ0n) is 7.35. The second-order valence-electron chi connectivity index (χ2n) is 3.04. The van der Waals surface area contributed by atoms with Gasteiger partial charge in [-0.05, 0) is 13.0 Å². The third kappa shape index (κ3) is 1.25. The van der Waals surface area contributed by atoms with Crippen LogP contribution in [0, 0.1) is 0 Å². The minimum absolute atomic E-state index is 0.0358. The quantitative estimate of drug-likeness (QED) is 0.629. The summed E-state index contributed by atoms with van der Waals surface area (Å²) in [5.74, 6) is -4.80. The van der Waals surface area contributed by atoms with Crippen molar-refractivity contribution >= 4 is 11.8 Å². The molecule has 4 heteroatoms. The summed E-state index contributed by atoms with van der Waals surface area (Å²) in [5, 5.41) is 0. The van der Waals surface area contributed by atoms with Crippen molar-refractivity contribution in [3.8, 4) is 0 Å². The Morgan fingerprint density at radius 1 is 1.21 bits per heavy atom. The second kappa shape index (κ2) is 3.05. The predicted molar refractivity (Wildman–Crippen MR) is 50.0 cm³/mol. The SMILES string of the molecule is CC1=C(F)C(F)(F)c2ccccc2S1. The van der Waals surface area contributed by atoms with E-state index in [1.807, 2.05) is 0 Å². The van der Waals surface area contributed by atoms with Crippen LogP contribution >= 0.6 is 11.8 Å². The molecule has 1 aliphatic rings. The first-order chi connectivity index (χ1) is 6.53. The van der Waals surface area contributed by atoms with Crippen molar-refractivity contribution in [2.45, 2.75) is 17.7 Å². The molecule has 0 aliphatic carbocycles. The third-order valence-corrected chi connectivity index (χ3v) is 3.13. The molecule has 0 bridgehead atoms. The van der Waals surface area contributed by atoms with Gasteiger partial charge in [0.15, 0.2) is 5.83 Å². The largest absolute Gasteiger partial charge is 0.325 e. The van der Waals surface area contributed by atoms with Crippen molar-refractivity contribution in [3.63, 3.8) is 0 Å². The molecule has 0 nitrogen and oxygen atoms in total. The van der Waals surface area contributed by atoms with Crippen LogP contribution in [0.5, 0.6) is 0 Å². The molecule has 0 radical (unpaired) electrons. The molecule has 0 spiro atoms. The Labute approximate surface area is 83.8 Å². The van der Waals surface area contributed by atoms with Gasteiger partial charge in [0.05, 0.1) is 0 Å². The van der Waals surface area contributed by atoms with Crippen LogP contribution in [-0.4, -0.2) is 0 Å². The first-order valence-electron chi connectivity index (χ1n) is 4.05. The molecule has 1 heterocycles. The van der Waals surface area contributed by atoms with Gasteiger partial charge in [-0.1, -0.05) is 30.0 Å². The maximum Gasteiger partial charge on any atom is 0.325 e. The van der Waals surface area contributed by atoms with Crippen molar-refractivity contribution in [2.75, 3.05) is 0 Å². The van der Waals surface area contributed by atoms with Gasteiger partial charge in [-0.25, -0.2) is 4.39 Å². The van der Waals surface area contributed by atoms with E-state index in [0.29, 0.717) is 4.90 Å². The summed E-state index contributed by atoms with van der Waals surface area (Å²) in [5.41, 5.74) is -0.242. The van der Waals surface area contributed by atoms with Crippen LogP contribution in [0.1, 0.15) is 12.5 Å². The van der Waals surface area contributed by atoms with Crippen LogP contribution in [0.15, 0.2) is 39.9 Å². The van der Waals surface area contributed by atoms with Crippen LogP contribution in [0.3, 0.4) is 0 Å². The van der Waals surface area contributed by atoms with Crippen molar-refractivity contribution in [3.05, 3.63) is 40.6 Å². The standard InChI is InChI=1S/C10H7F3S/c1-6-9(11)10(12,13)7-4-2-3-5-8(7)14-6/h2-5H,1H3. The molecule has 0 atom stereocenters. The molecule has 0 unspecified atom stereocenters. The lowest BCUT2D eigenvalue weighted by atomic mass is 10.1. The number of rotatable bonds is 0. The number of allylic oxidation sites excluding steroid dienone is 2. The van der Waals surface area contributed by atoms with Gasteiger partial charge in [0.1, 0.15) is 0 Å². The Morgan fingerprint density at radius 2 is 1.86 bits per heavy atom. The summed E-state index contributed by atoms with van der Waals surface area (Å²) in [6, 6.07) is 5.98. The van der Waals surface area contributed by atoms with E-state index in [1.165, 1.54) is 19.1 Å². The van der Waals surface area contributed by atoms with Gasteiger partial charge < -0.3 is 0 Å². The maximum atomic E-state index is 13.4. The molecular weight excluding hydrogens is 209 g/mol. The number of halogens is 3. The Morgan fingerprint density at radius 3 is 2.57 bits per heavy atom. The van der Waals surface area contributed by atoms with E-state index in [9.17, 15) is 13.2 Å². The summed E-state index contributed by atoms with van der Waals surface area (Å²) in [4.78, 5) is 0.463. The minimum Gasteiger partial charge on any atom is -0.204 e. The van der Waals surface area contributed by atoms with E-state index in [0.717, 1.165) is 11.8 Å². The fourth-order valence-electron chi connectivity index (χ4n) is 1.36. The number of hydrogen-bond acceptors (Lipinski definition) is 1. The lowest BCUT2D eigenvalue weighted by molar-refractivity contribution is 0.00951. The number of thioether (sulfide) groups is 1. The number of alkyl halides is 2. The van der Waals surface area contributed by atoms with E-state index >= 15 is 0 Å². The molecular formula is C10H7F3S. The first kappa shape index (κ1) is 9.65.